The van der Waals surface area contributed by atoms with Gasteiger partial charge in [-0.25, -0.2) is 19.0 Å². The summed E-state index contributed by atoms with van der Waals surface area (Å²) in [6.07, 6.45) is 1.73. The van der Waals surface area contributed by atoms with Crippen LogP contribution in [0.15, 0.2) is 35.6 Å². The van der Waals surface area contributed by atoms with Gasteiger partial charge in [-0.3, -0.25) is 4.79 Å². The molecule has 3 rings (SSSR count). The Morgan fingerprint density at radius 2 is 2.14 bits per heavy atom. The highest BCUT2D eigenvalue weighted by Gasteiger charge is 2.14. The first-order valence-corrected chi connectivity index (χ1v) is 10.1. The minimum atomic E-state index is -0.437. The number of aromatic nitrogens is 4. The zero-order valence-corrected chi connectivity index (χ0v) is 16.9. The Labute approximate surface area is 167 Å². The Balaban J connectivity index is 1.75. The van der Waals surface area contributed by atoms with Crippen molar-refractivity contribution in [2.24, 2.45) is 0 Å². The molecule has 28 heavy (non-hydrogen) atoms. The van der Waals surface area contributed by atoms with E-state index in [9.17, 15) is 9.18 Å². The number of amides is 1. The minimum absolute atomic E-state index is 0.228. The van der Waals surface area contributed by atoms with E-state index < -0.39 is 5.82 Å². The molecular formula is C19H23FN6OS. The van der Waals surface area contributed by atoms with E-state index in [1.54, 1.807) is 28.7 Å². The lowest BCUT2D eigenvalue weighted by atomic mass is 10.2. The second-order valence-corrected chi connectivity index (χ2v) is 7.69. The van der Waals surface area contributed by atoms with Crippen LogP contribution < -0.4 is 10.6 Å². The molecule has 9 heteroatoms. The number of halogens is 1. The van der Waals surface area contributed by atoms with Crippen LogP contribution in [-0.2, 0) is 6.54 Å². The second-order valence-electron chi connectivity index (χ2n) is 6.46. The van der Waals surface area contributed by atoms with Gasteiger partial charge in [0.25, 0.3) is 5.91 Å². The van der Waals surface area contributed by atoms with Crippen molar-refractivity contribution in [3.05, 3.63) is 41.8 Å². The van der Waals surface area contributed by atoms with Gasteiger partial charge in [-0.2, -0.15) is 5.10 Å². The van der Waals surface area contributed by atoms with Crippen LogP contribution in [0.2, 0.25) is 0 Å². The van der Waals surface area contributed by atoms with Crippen LogP contribution in [0.1, 0.15) is 31.1 Å². The average molecular weight is 402 g/mol. The smallest absolute Gasteiger partial charge is 0.251 e. The molecule has 0 saturated heterocycles. The Morgan fingerprint density at radius 1 is 1.32 bits per heavy atom. The summed E-state index contributed by atoms with van der Waals surface area (Å²) < 4.78 is 15.0. The summed E-state index contributed by atoms with van der Waals surface area (Å²) in [5.41, 5.74) is 1.01. The van der Waals surface area contributed by atoms with Crippen molar-refractivity contribution in [2.75, 3.05) is 17.6 Å². The maximum atomic E-state index is 13.3. The van der Waals surface area contributed by atoms with E-state index in [0.29, 0.717) is 23.9 Å². The predicted octanol–water partition coefficient (Wildman–Crippen LogP) is 3.33. The van der Waals surface area contributed by atoms with Gasteiger partial charge in [0.2, 0.25) is 0 Å². The van der Waals surface area contributed by atoms with Gasteiger partial charge in [0.1, 0.15) is 11.6 Å². The van der Waals surface area contributed by atoms with Crippen LogP contribution in [0, 0.1) is 5.82 Å². The second kappa shape index (κ2) is 9.01. The SMILES string of the molecule is CCSc1nc(NC(C)C)c2cnn(CCNC(=O)c3cccc(F)c3)c2n1. The molecule has 3 aromatic rings. The van der Waals surface area contributed by atoms with Crippen LogP contribution in [0.5, 0.6) is 0 Å². The van der Waals surface area contributed by atoms with E-state index in [-0.39, 0.29) is 17.5 Å². The van der Waals surface area contributed by atoms with E-state index in [2.05, 4.69) is 25.7 Å². The first-order chi connectivity index (χ1) is 13.5. The molecule has 0 saturated carbocycles. The first kappa shape index (κ1) is 20.1. The van der Waals surface area contributed by atoms with Gasteiger partial charge in [-0.1, -0.05) is 24.8 Å². The van der Waals surface area contributed by atoms with Gasteiger partial charge in [0, 0.05) is 18.2 Å². The number of anilines is 1. The normalized spacial score (nSPS) is 11.2. The van der Waals surface area contributed by atoms with Crippen molar-refractivity contribution >= 4 is 34.5 Å². The molecule has 0 fully saturated rings. The number of fused-ring (bicyclic) bond motifs is 1. The lowest BCUT2D eigenvalue weighted by molar-refractivity contribution is 0.0951. The van der Waals surface area contributed by atoms with Gasteiger partial charge in [-0.15, -0.1) is 0 Å². The highest BCUT2D eigenvalue weighted by atomic mass is 32.2. The number of nitrogens with zero attached hydrogens (tertiary/aromatic N) is 4. The van der Waals surface area contributed by atoms with Gasteiger partial charge < -0.3 is 10.6 Å². The number of carbonyl (C=O) groups is 1. The summed E-state index contributed by atoms with van der Waals surface area (Å²) in [5, 5.41) is 12.0. The minimum Gasteiger partial charge on any atom is -0.367 e. The molecule has 0 spiro atoms. The topological polar surface area (TPSA) is 84.7 Å². The molecule has 0 atom stereocenters. The highest BCUT2D eigenvalue weighted by molar-refractivity contribution is 7.99. The van der Waals surface area contributed by atoms with Crippen LogP contribution in [0.4, 0.5) is 10.2 Å². The van der Waals surface area contributed by atoms with Gasteiger partial charge in [0.05, 0.1) is 18.1 Å². The van der Waals surface area contributed by atoms with Crippen LogP contribution >= 0.6 is 11.8 Å². The van der Waals surface area contributed by atoms with Crippen molar-refractivity contribution in [3.63, 3.8) is 0 Å². The molecule has 2 N–H and O–H groups in total. The third-order valence-corrected chi connectivity index (χ3v) is 4.60. The number of carbonyl (C=O) groups excluding carboxylic acids is 1. The quantitative estimate of drug-likeness (QED) is 0.444. The van der Waals surface area contributed by atoms with Gasteiger partial charge in [-0.05, 0) is 37.8 Å². The van der Waals surface area contributed by atoms with E-state index in [1.165, 1.54) is 18.2 Å². The fourth-order valence-electron chi connectivity index (χ4n) is 2.68. The van der Waals surface area contributed by atoms with Crippen LogP contribution in [-0.4, -0.2) is 44.0 Å². The molecule has 148 valence electrons. The monoisotopic (exact) mass is 402 g/mol. The summed E-state index contributed by atoms with van der Waals surface area (Å²) >= 11 is 1.56. The molecule has 2 heterocycles. The fraction of sp³-hybridized carbons (Fsp3) is 0.368. The van der Waals surface area contributed by atoms with Gasteiger partial charge >= 0.3 is 0 Å². The number of rotatable bonds is 8. The van der Waals surface area contributed by atoms with E-state index >= 15 is 0 Å². The maximum absolute atomic E-state index is 13.3. The summed E-state index contributed by atoms with van der Waals surface area (Å²) in [6, 6.07) is 5.84. The van der Waals surface area contributed by atoms with E-state index in [0.717, 1.165) is 17.0 Å². The van der Waals surface area contributed by atoms with Crippen molar-refractivity contribution in [3.8, 4) is 0 Å². The Bertz CT molecular complexity index is 974. The molecule has 0 unspecified atom stereocenters. The summed E-state index contributed by atoms with van der Waals surface area (Å²) in [5.74, 6) is 0.860. The number of hydrogen-bond acceptors (Lipinski definition) is 6. The molecule has 0 bridgehead atoms. The Kier molecular flexibility index (Phi) is 6.45. The van der Waals surface area contributed by atoms with Crippen molar-refractivity contribution in [1.29, 1.82) is 0 Å². The highest BCUT2D eigenvalue weighted by Crippen LogP contribution is 2.24. The molecule has 2 aromatic heterocycles. The number of hydrogen-bond donors (Lipinski definition) is 2. The number of nitrogens with one attached hydrogen (secondary N) is 2. The fourth-order valence-corrected chi connectivity index (χ4v) is 3.25. The van der Waals surface area contributed by atoms with E-state index in [4.69, 9.17) is 0 Å². The number of benzene rings is 1. The zero-order chi connectivity index (χ0) is 20.1. The summed E-state index contributed by atoms with van der Waals surface area (Å²) in [7, 11) is 0. The lowest BCUT2D eigenvalue weighted by Crippen LogP contribution is -2.27. The Hall–Kier alpha value is -2.68. The predicted molar refractivity (Wildman–Crippen MR) is 109 cm³/mol. The molecule has 0 aliphatic heterocycles. The molecule has 1 aromatic carbocycles. The van der Waals surface area contributed by atoms with Crippen molar-refractivity contribution in [1.82, 2.24) is 25.1 Å². The third-order valence-electron chi connectivity index (χ3n) is 3.87. The van der Waals surface area contributed by atoms with E-state index in [1.807, 2.05) is 20.8 Å². The van der Waals surface area contributed by atoms with Crippen molar-refractivity contribution < 1.29 is 9.18 Å². The molecule has 0 radical (unpaired) electrons. The molecule has 0 aliphatic rings. The molecule has 1 amide bonds. The van der Waals surface area contributed by atoms with Crippen LogP contribution in [0.3, 0.4) is 0 Å². The summed E-state index contributed by atoms with van der Waals surface area (Å²) in [6.45, 7) is 6.94. The van der Waals surface area contributed by atoms with Gasteiger partial charge in [0.15, 0.2) is 10.8 Å². The zero-order valence-electron chi connectivity index (χ0n) is 16.1. The average Bonchev–Trinajstić information content (AvgIpc) is 3.05. The lowest BCUT2D eigenvalue weighted by Gasteiger charge is -2.11. The molecular weight excluding hydrogens is 379 g/mol. The first-order valence-electron chi connectivity index (χ1n) is 9.14. The third kappa shape index (κ3) is 4.78. The largest absolute Gasteiger partial charge is 0.367 e. The molecule has 7 nitrogen and oxygen atoms in total. The summed E-state index contributed by atoms with van der Waals surface area (Å²) in [4.78, 5) is 21.4. The number of thioether (sulfide) groups is 1. The standard InChI is InChI=1S/C19H23FN6OS/c1-4-28-19-24-16(23-12(2)3)15-11-22-26(17(15)25-19)9-8-21-18(27)13-6-5-7-14(20)10-13/h5-7,10-12H,4,8-9H2,1-3H3,(H,21,27)(H,23,24,25). The Morgan fingerprint density at radius 3 is 2.86 bits per heavy atom. The maximum Gasteiger partial charge on any atom is 0.251 e. The van der Waals surface area contributed by atoms with Crippen LogP contribution in [0.25, 0.3) is 11.0 Å². The molecule has 0 aliphatic carbocycles. The van der Waals surface area contributed by atoms with Crippen molar-refractivity contribution in [2.45, 2.75) is 38.5 Å².